The Balaban J connectivity index is 0.00000736. The number of nitrogens with one attached hydrogen (secondary N) is 2. The number of amides is 3. The average molecular weight is 682 g/mol. The Labute approximate surface area is 291 Å². The van der Waals surface area contributed by atoms with Gasteiger partial charge in [0.15, 0.2) is 0 Å². The van der Waals surface area contributed by atoms with Gasteiger partial charge in [0.25, 0.3) is 0 Å². The number of rotatable bonds is 14. The number of aryl methyl sites for hydroxylation is 1. The number of anilines is 4. The molecule has 0 unspecified atom stereocenters. The van der Waals surface area contributed by atoms with E-state index in [1.807, 2.05) is 0 Å². The van der Waals surface area contributed by atoms with Gasteiger partial charge in [-0.15, -0.1) is 0 Å². The van der Waals surface area contributed by atoms with Gasteiger partial charge in [0.2, 0.25) is 17.8 Å². The molecule has 0 aliphatic carbocycles. The van der Waals surface area contributed by atoms with Crippen molar-refractivity contribution >= 4 is 61.1 Å². The van der Waals surface area contributed by atoms with E-state index in [2.05, 4.69) is 25.3 Å². The van der Waals surface area contributed by atoms with E-state index >= 15 is 0 Å². The molecule has 0 atom stereocenters. The predicted molar refractivity (Wildman–Crippen MR) is 169 cm³/mol. The molecule has 0 bridgehead atoms. The van der Waals surface area contributed by atoms with Crippen LogP contribution < -0.4 is 40.2 Å². The van der Waals surface area contributed by atoms with Gasteiger partial charge in [-0.3, -0.25) is 9.59 Å². The third-order valence-electron chi connectivity index (χ3n) is 6.43. The van der Waals surface area contributed by atoms with Gasteiger partial charge in [0, 0.05) is 42.5 Å². The first kappa shape index (κ1) is 38.6. The first-order valence-corrected chi connectivity index (χ1v) is 17.0. The van der Waals surface area contributed by atoms with Crippen LogP contribution >= 0.6 is 0 Å². The summed E-state index contributed by atoms with van der Waals surface area (Å²) in [5.41, 5.74) is 2.19. The molecule has 3 amide bonds. The zero-order valence-corrected chi connectivity index (χ0v) is 30.3. The number of aromatic nitrogens is 2. The maximum atomic E-state index is 13.2. The van der Waals surface area contributed by atoms with Gasteiger partial charge in [-0.1, -0.05) is 39.0 Å². The maximum Gasteiger partial charge on any atom is 1.00 e. The fraction of sp³-hybridized carbons (Fsp3) is 0.345. The third kappa shape index (κ3) is 9.72. The van der Waals surface area contributed by atoms with E-state index < -0.39 is 38.0 Å². The molecule has 0 aliphatic heterocycles. The predicted octanol–water partition coefficient (Wildman–Crippen LogP) is 1.52. The maximum absolute atomic E-state index is 13.2. The topological polar surface area (TPSA) is 190 Å². The van der Waals surface area contributed by atoms with Gasteiger partial charge >= 0.3 is 39.8 Å². The van der Waals surface area contributed by atoms with Crippen LogP contribution in [0.3, 0.4) is 0 Å². The molecule has 3 rings (SSSR count). The van der Waals surface area contributed by atoms with Crippen LogP contribution in [0.15, 0.2) is 59.6 Å². The minimum Gasteiger partial charge on any atom is -0.542 e. The normalized spacial score (nSPS) is 11.2. The quantitative estimate of drug-likeness (QED) is 0.235. The molecule has 0 saturated carbocycles. The van der Waals surface area contributed by atoms with Crippen molar-refractivity contribution in [2.75, 3.05) is 17.2 Å². The number of hydrogen-bond donors (Lipinski definition) is 2. The SMILES string of the molecule is CCC(=O)[N-]S(=O)(=O)c1cccc(Nc2ncc(C)c(Nc3ccc(CN(C(=O)CC)S(=O)(=O)N(CC)C(=O)CC)cc3)n2)c1.[Na+]. The molecule has 0 fully saturated rings. The monoisotopic (exact) mass is 681 g/mol. The summed E-state index contributed by atoms with van der Waals surface area (Å²) < 4.78 is 56.1. The van der Waals surface area contributed by atoms with E-state index in [1.165, 1.54) is 32.0 Å². The molecule has 242 valence electrons. The Morgan fingerprint density at radius 1 is 0.826 bits per heavy atom. The number of hydrogen-bond acceptors (Lipinski definition) is 11. The molecule has 46 heavy (non-hydrogen) atoms. The van der Waals surface area contributed by atoms with Crippen molar-refractivity contribution in [3.8, 4) is 0 Å². The van der Waals surface area contributed by atoms with E-state index in [4.69, 9.17) is 0 Å². The Morgan fingerprint density at radius 2 is 1.46 bits per heavy atom. The summed E-state index contributed by atoms with van der Waals surface area (Å²) in [5.74, 6) is -1.38. The number of carbonyl (C=O) groups is 3. The number of nitrogens with zero attached hydrogens (tertiary/aromatic N) is 5. The molecule has 17 heteroatoms. The van der Waals surface area contributed by atoms with Gasteiger partial charge in [0.05, 0.1) is 17.3 Å². The molecule has 2 aromatic carbocycles. The summed E-state index contributed by atoms with van der Waals surface area (Å²) in [5, 5.41) is 6.11. The van der Waals surface area contributed by atoms with Crippen LogP contribution in [0.4, 0.5) is 23.1 Å². The molecular weight excluding hydrogens is 645 g/mol. The van der Waals surface area contributed by atoms with Crippen molar-refractivity contribution in [2.45, 2.75) is 65.3 Å². The summed E-state index contributed by atoms with van der Waals surface area (Å²) in [6, 6.07) is 12.4. The van der Waals surface area contributed by atoms with E-state index in [1.54, 1.807) is 57.3 Å². The summed E-state index contributed by atoms with van der Waals surface area (Å²) in [4.78, 5) is 45.1. The zero-order chi connectivity index (χ0) is 33.4. The van der Waals surface area contributed by atoms with Crippen LogP contribution in [-0.2, 0) is 41.2 Å². The van der Waals surface area contributed by atoms with Gasteiger partial charge in [-0.2, -0.15) is 13.4 Å². The first-order valence-electron chi connectivity index (χ1n) is 14.2. The van der Waals surface area contributed by atoms with Crippen LogP contribution in [-0.4, -0.2) is 59.7 Å². The van der Waals surface area contributed by atoms with Crippen molar-refractivity contribution in [1.29, 1.82) is 0 Å². The van der Waals surface area contributed by atoms with Crippen LogP contribution in [0.25, 0.3) is 4.72 Å². The third-order valence-corrected chi connectivity index (χ3v) is 9.63. The number of carbonyl (C=O) groups excluding carboxylic acids is 3. The summed E-state index contributed by atoms with van der Waals surface area (Å²) in [6.45, 7) is 7.59. The Bertz CT molecular complexity index is 1770. The second-order valence-corrected chi connectivity index (χ2v) is 13.1. The molecule has 3 aromatic rings. The smallest absolute Gasteiger partial charge is 0.542 e. The second kappa shape index (κ2) is 16.8. The van der Waals surface area contributed by atoms with Crippen LogP contribution in [0.5, 0.6) is 0 Å². The van der Waals surface area contributed by atoms with Crippen LogP contribution in [0.1, 0.15) is 58.1 Å². The number of benzene rings is 2. The first-order chi connectivity index (χ1) is 21.2. The van der Waals surface area contributed by atoms with E-state index in [0.717, 1.165) is 4.31 Å². The van der Waals surface area contributed by atoms with Crippen molar-refractivity contribution in [3.63, 3.8) is 0 Å². The molecule has 2 N–H and O–H groups in total. The van der Waals surface area contributed by atoms with Crippen molar-refractivity contribution in [1.82, 2.24) is 18.6 Å². The fourth-order valence-electron chi connectivity index (χ4n) is 3.98. The van der Waals surface area contributed by atoms with Crippen molar-refractivity contribution in [2.24, 2.45) is 0 Å². The van der Waals surface area contributed by atoms with Gasteiger partial charge in [-0.25, -0.2) is 22.0 Å². The Hall–Kier alpha value is -3.57. The van der Waals surface area contributed by atoms with E-state index in [-0.39, 0.29) is 72.8 Å². The van der Waals surface area contributed by atoms with Gasteiger partial charge in [0.1, 0.15) is 15.8 Å². The van der Waals surface area contributed by atoms with E-state index in [9.17, 15) is 31.2 Å². The largest absolute Gasteiger partial charge is 1.00 e. The van der Waals surface area contributed by atoms with Crippen molar-refractivity contribution in [3.05, 3.63) is 70.6 Å². The minimum absolute atomic E-state index is 0. The van der Waals surface area contributed by atoms with Crippen molar-refractivity contribution < 1.29 is 60.8 Å². The van der Waals surface area contributed by atoms with Gasteiger partial charge < -0.3 is 20.2 Å². The second-order valence-electron chi connectivity index (χ2n) is 9.69. The van der Waals surface area contributed by atoms with Crippen LogP contribution in [0.2, 0.25) is 0 Å². The molecular formula is C29H36N7NaO7S2. The zero-order valence-electron chi connectivity index (χ0n) is 26.6. The molecule has 0 aliphatic rings. The van der Waals surface area contributed by atoms with E-state index in [0.29, 0.717) is 32.6 Å². The Morgan fingerprint density at radius 3 is 2.04 bits per heavy atom. The average Bonchev–Trinajstić information content (AvgIpc) is 3.01. The Kier molecular flexibility index (Phi) is 14.1. The molecule has 0 spiro atoms. The molecule has 1 aromatic heterocycles. The van der Waals surface area contributed by atoms with Gasteiger partial charge in [-0.05, 0) is 56.2 Å². The summed E-state index contributed by atoms with van der Waals surface area (Å²) >= 11 is 0. The van der Waals surface area contributed by atoms with Crippen LogP contribution in [0, 0.1) is 6.92 Å². The summed E-state index contributed by atoms with van der Waals surface area (Å²) in [6.07, 6.45) is 1.45. The molecule has 14 nitrogen and oxygen atoms in total. The molecule has 0 saturated heterocycles. The standard InChI is InChI=1S/C29H37N7O7S2.Na/c1-6-25(37)34-44(40,41)24-12-10-11-23(17-24)32-29-30-18-20(5)28(33-29)31-22-15-13-21(14-16-22)19-36(27(39)8-3)45(42,43)35(9-4)26(38)7-2;/h10-18H,6-9,19H2,1-5H3,(H3,30,31,32,33,34,37);/q;+1/p-1. The number of sulfonamides is 1. The molecule has 1 heterocycles. The molecule has 0 radical (unpaired) electrons. The summed E-state index contributed by atoms with van der Waals surface area (Å²) in [7, 11) is -8.54. The fourth-order valence-corrected chi connectivity index (χ4v) is 6.66. The minimum atomic E-state index is -4.37.